The van der Waals surface area contributed by atoms with E-state index in [1.807, 2.05) is 13.8 Å². The van der Waals surface area contributed by atoms with E-state index in [4.69, 9.17) is 17.3 Å². The van der Waals surface area contributed by atoms with Crippen LogP contribution in [0.2, 0.25) is 0 Å². The fourth-order valence-corrected chi connectivity index (χ4v) is 1.95. The monoisotopic (exact) mass is 305 g/mol. The van der Waals surface area contributed by atoms with Crippen LogP contribution in [0.5, 0.6) is 0 Å². The molecule has 1 amide bonds. The second-order valence-electron chi connectivity index (χ2n) is 4.29. The van der Waals surface area contributed by atoms with Gasteiger partial charge in [0.05, 0.1) is 16.2 Å². The van der Waals surface area contributed by atoms with E-state index in [0.717, 1.165) is 5.52 Å². The summed E-state index contributed by atoms with van der Waals surface area (Å²) in [6.07, 6.45) is 3.49. The van der Waals surface area contributed by atoms with Crippen LogP contribution in [-0.4, -0.2) is 16.1 Å². The van der Waals surface area contributed by atoms with Crippen LogP contribution in [0.25, 0.3) is 10.9 Å². The molecule has 0 aliphatic rings. The van der Waals surface area contributed by atoms with Gasteiger partial charge < -0.3 is 5.73 Å². The number of fused-ring (bicyclic) bond motifs is 1. The number of halogens is 1. The van der Waals surface area contributed by atoms with Crippen molar-refractivity contribution in [3.8, 4) is 0 Å². The van der Waals surface area contributed by atoms with Crippen molar-refractivity contribution in [2.45, 2.75) is 13.8 Å². The number of rotatable bonds is 4. The number of anilines is 1. The predicted octanol–water partition coefficient (Wildman–Crippen LogP) is 2.43. The molecule has 0 spiro atoms. The minimum atomic E-state index is -0.294. The van der Waals surface area contributed by atoms with Crippen molar-refractivity contribution in [2.75, 3.05) is 5.73 Å². The van der Waals surface area contributed by atoms with Gasteiger partial charge in [0.15, 0.2) is 5.82 Å². The van der Waals surface area contributed by atoms with Gasteiger partial charge in [-0.3, -0.25) is 20.7 Å². The Hall–Kier alpha value is -2.47. The largest absolute Gasteiger partial charge is 0.382 e. The second-order valence-corrected chi connectivity index (χ2v) is 4.69. The van der Waals surface area contributed by atoms with Crippen molar-refractivity contribution < 1.29 is 4.79 Å². The van der Waals surface area contributed by atoms with E-state index >= 15 is 0 Å². The zero-order valence-electron chi connectivity index (χ0n) is 11.7. The van der Waals surface area contributed by atoms with E-state index < -0.39 is 0 Å². The maximum Gasteiger partial charge on any atom is 0.269 e. The van der Waals surface area contributed by atoms with Gasteiger partial charge in [-0.15, -0.1) is 0 Å². The van der Waals surface area contributed by atoms with Crippen LogP contribution in [0, 0.1) is 0 Å². The molecule has 21 heavy (non-hydrogen) atoms. The van der Waals surface area contributed by atoms with Crippen molar-refractivity contribution in [1.29, 1.82) is 0 Å². The van der Waals surface area contributed by atoms with Crippen LogP contribution >= 0.6 is 11.6 Å². The molecule has 5 N–H and O–H groups in total. The SMILES string of the molecule is C/C=C(Cl)\C(=C/C)NNC(=O)c1ccc2[nH]nc(N)c2c1. The van der Waals surface area contributed by atoms with Crippen LogP contribution in [0.3, 0.4) is 0 Å². The summed E-state index contributed by atoms with van der Waals surface area (Å²) in [5.41, 5.74) is 13.0. The first kappa shape index (κ1) is 14.9. The van der Waals surface area contributed by atoms with Crippen LogP contribution in [0.15, 0.2) is 41.1 Å². The van der Waals surface area contributed by atoms with Crippen LogP contribution in [0.1, 0.15) is 24.2 Å². The molecule has 0 aliphatic heterocycles. The number of nitrogen functional groups attached to an aromatic ring is 1. The number of hydrogen-bond donors (Lipinski definition) is 4. The lowest BCUT2D eigenvalue weighted by molar-refractivity contribution is 0.0939. The molecule has 0 bridgehead atoms. The van der Waals surface area contributed by atoms with Crippen LogP contribution < -0.4 is 16.6 Å². The zero-order valence-corrected chi connectivity index (χ0v) is 12.5. The highest BCUT2D eigenvalue weighted by molar-refractivity contribution is 6.31. The molecule has 7 heteroatoms. The Bertz CT molecular complexity index is 732. The number of hydrazine groups is 1. The number of nitrogens with two attached hydrogens (primary N) is 1. The molecule has 0 aliphatic carbocycles. The molecule has 0 atom stereocenters. The summed E-state index contributed by atoms with van der Waals surface area (Å²) in [5, 5.41) is 7.90. The van der Waals surface area contributed by atoms with Gasteiger partial charge in [-0.1, -0.05) is 23.8 Å². The van der Waals surface area contributed by atoms with Gasteiger partial charge in [0, 0.05) is 10.9 Å². The first-order chi connectivity index (χ1) is 10.1. The van der Waals surface area contributed by atoms with Gasteiger partial charge in [0.1, 0.15) is 0 Å². The number of amides is 1. The highest BCUT2D eigenvalue weighted by Gasteiger charge is 2.10. The lowest BCUT2D eigenvalue weighted by atomic mass is 10.1. The molecule has 0 saturated heterocycles. The molecule has 2 aromatic rings. The Morgan fingerprint density at radius 3 is 2.76 bits per heavy atom. The summed E-state index contributed by atoms with van der Waals surface area (Å²) in [6.45, 7) is 3.63. The smallest absolute Gasteiger partial charge is 0.269 e. The molecule has 0 unspecified atom stereocenters. The molecule has 1 aromatic carbocycles. The van der Waals surface area contributed by atoms with Gasteiger partial charge >= 0.3 is 0 Å². The number of carbonyl (C=O) groups is 1. The number of allylic oxidation sites excluding steroid dienone is 3. The highest BCUT2D eigenvalue weighted by Crippen LogP contribution is 2.19. The van der Waals surface area contributed by atoms with Crippen LogP contribution in [0.4, 0.5) is 5.82 Å². The summed E-state index contributed by atoms with van der Waals surface area (Å²) < 4.78 is 0. The topological polar surface area (TPSA) is 95.8 Å². The third-order valence-electron chi connectivity index (χ3n) is 2.96. The minimum absolute atomic E-state index is 0.294. The quantitative estimate of drug-likeness (QED) is 0.515. The van der Waals surface area contributed by atoms with Crippen molar-refractivity contribution in [2.24, 2.45) is 0 Å². The summed E-state index contributed by atoms with van der Waals surface area (Å²) in [7, 11) is 0. The van der Waals surface area contributed by atoms with E-state index in [0.29, 0.717) is 27.5 Å². The van der Waals surface area contributed by atoms with Gasteiger partial charge in [-0.2, -0.15) is 5.10 Å². The summed E-state index contributed by atoms with van der Waals surface area (Å²) in [5.74, 6) is 0.0659. The number of hydrogen-bond acceptors (Lipinski definition) is 4. The van der Waals surface area contributed by atoms with E-state index in [1.54, 1.807) is 30.4 Å². The summed E-state index contributed by atoms with van der Waals surface area (Å²) in [6, 6.07) is 5.12. The lowest BCUT2D eigenvalue weighted by Crippen LogP contribution is -2.36. The maximum absolute atomic E-state index is 12.1. The average molecular weight is 306 g/mol. The molecule has 0 saturated carbocycles. The van der Waals surface area contributed by atoms with E-state index in [1.165, 1.54) is 0 Å². The molecule has 0 radical (unpaired) electrons. The maximum atomic E-state index is 12.1. The molecule has 110 valence electrons. The van der Waals surface area contributed by atoms with E-state index in [2.05, 4.69) is 21.0 Å². The molecular formula is C14H16ClN5O. The second kappa shape index (κ2) is 6.32. The van der Waals surface area contributed by atoms with Crippen molar-refractivity contribution in [3.05, 3.63) is 46.6 Å². The molecule has 6 nitrogen and oxygen atoms in total. The van der Waals surface area contributed by atoms with Gasteiger partial charge in [-0.25, -0.2) is 0 Å². The Morgan fingerprint density at radius 1 is 1.33 bits per heavy atom. The zero-order chi connectivity index (χ0) is 15.4. The number of benzene rings is 1. The minimum Gasteiger partial charge on any atom is -0.382 e. The Labute approximate surface area is 127 Å². The van der Waals surface area contributed by atoms with Crippen molar-refractivity contribution in [1.82, 2.24) is 21.0 Å². The fourth-order valence-electron chi connectivity index (χ4n) is 1.80. The predicted molar refractivity (Wildman–Crippen MR) is 84.5 cm³/mol. The molecule has 1 aromatic heterocycles. The standard InChI is InChI=1S/C14H16ClN5O/c1-3-10(15)11(4-2)17-20-14(21)8-5-6-12-9(7-8)13(16)19-18-12/h3-7,17H,1-2H3,(H,20,21)(H3,16,18,19)/b10-3+,11-4+. The number of carbonyl (C=O) groups excluding carboxylic acids is 1. The van der Waals surface area contributed by atoms with E-state index in [-0.39, 0.29) is 5.91 Å². The lowest BCUT2D eigenvalue weighted by Gasteiger charge is -2.11. The number of aromatic amines is 1. The van der Waals surface area contributed by atoms with E-state index in [9.17, 15) is 4.79 Å². The third-order valence-corrected chi connectivity index (χ3v) is 3.39. The average Bonchev–Trinajstić information content (AvgIpc) is 2.88. The number of nitrogens with zero attached hydrogens (tertiary/aromatic N) is 1. The molecule has 0 fully saturated rings. The summed E-state index contributed by atoms with van der Waals surface area (Å²) in [4.78, 5) is 12.1. The van der Waals surface area contributed by atoms with Gasteiger partial charge in [0.25, 0.3) is 5.91 Å². The van der Waals surface area contributed by atoms with Crippen molar-refractivity contribution in [3.63, 3.8) is 0 Å². The number of nitrogens with one attached hydrogen (secondary N) is 3. The van der Waals surface area contributed by atoms with Crippen LogP contribution in [-0.2, 0) is 0 Å². The first-order valence-corrected chi connectivity index (χ1v) is 6.73. The third kappa shape index (κ3) is 3.17. The Kier molecular flexibility index (Phi) is 4.49. The number of H-pyrrole nitrogens is 1. The number of aromatic nitrogens is 2. The summed E-state index contributed by atoms with van der Waals surface area (Å²) >= 11 is 6.00. The molecule has 2 rings (SSSR count). The normalized spacial score (nSPS) is 12.5. The van der Waals surface area contributed by atoms with Gasteiger partial charge in [-0.05, 0) is 32.0 Å². The highest BCUT2D eigenvalue weighted by atomic mass is 35.5. The molecule has 1 heterocycles. The Balaban J connectivity index is 2.13. The van der Waals surface area contributed by atoms with Gasteiger partial charge in [0.2, 0.25) is 0 Å². The first-order valence-electron chi connectivity index (χ1n) is 6.35. The van der Waals surface area contributed by atoms with Crippen molar-refractivity contribution >= 4 is 34.2 Å². The Morgan fingerprint density at radius 2 is 2.10 bits per heavy atom. The fraction of sp³-hybridized carbons (Fsp3) is 0.143. The molecular weight excluding hydrogens is 290 g/mol.